The van der Waals surface area contributed by atoms with Crippen molar-refractivity contribution in [2.24, 2.45) is 5.73 Å². The topological polar surface area (TPSA) is 38.9 Å². The molecule has 17 heavy (non-hydrogen) atoms. The van der Waals surface area contributed by atoms with Crippen molar-refractivity contribution in [3.8, 4) is 0 Å². The summed E-state index contributed by atoms with van der Waals surface area (Å²) in [7, 11) is 0. The van der Waals surface area contributed by atoms with E-state index in [-0.39, 0.29) is 6.04 Å². The van der Waals surface area contributed by atoms with Crippen LogP contribution in [0.3, 0.4) is 0 Å². The quantitative estimate of drug-likeness (QED) is 0.901. The van der Waals surface area contributed by atoms with E-state index in [0.717, 1.165) is 17.1 Å². The average Bonchev–Trinajstić information content (AvgIpc) is 2.64. The largest absolute Gasteiger partial charge is 0.323 e. The lowest BCUT2D eigenvalue weighted by molar-refractivity contribution is 0.784. The van der Waals surface area contributed by atoms with Gasteiger partial charge in [0.15, 0.2) is 0 Å². The molecule has 2 nitrogen and oxygen atoms in total. The Labute approximate surface area is 107 Å². The summed E-state index contributed by atoms with van der Waals surface area (Å²) < 4.78 is 0. The monoisotopic (exact) mass is 246 g/mol. The molecule has 0 aliphatic carbocycles. The van der Waals surface area contributed by atoms with Gasteiger partial charge in [-0.3, -0.25) is 0 Å². The molecule has 1 aromatic heterocycles. The second kappa shape index (κ2) is 4.98. The summed E-state index contributed by atoms with van der Waals surface area (Å²) >= 11 is 1.69. The first-order chi connectivity index (χ1) is 8.04. The molecule has 2 aromatic rings. The summed E-state index contributed by atoms with van der Waals surface area (Å²) in [5, 5.41) is 3.20. The molecule has 1 atom stereocenters. The third kappa shape index (κ3) is 3.14. The Morgan fingerprint density at radius 2 is 1.88 bits per heavy atom. The zero-order valence-corrected chi connectivity index (χ0v) is 11.3. The first kappa shape index (κ1) is 12.3. The molecule has 0 bridgehead atoms. The van der Waals surface area contributed by atoms with Gasteiger partial charge in [-0.1, -0.05) is 29.3 Å². The normalized spacial score (nSPS) is 12.7. The van der Waals surface area contributed by atoms with Gasteiger partial charge in [0.2, 0.25) is 0 Å². The Hall–Kier alpha value is -1.19. The predicted molar refractivity (Wildman–Crippen MR) is 73.4 cm³/mol. The van der Waals surface area contributed by atoms with Crippen molar-refractivity contribution < 1.29 is 0 Å². The molecule has 0 aliphatic heterocycles. The summed E-state index contributed by atoms with van der Waals surface area (Å²) in [5.74, 6) is 0. The van der Waals surface area contributed by atoms with E-state index in [4.69, 9.17) is 5.73 Å². The lowest BCUT2D eigenvalue weighted by Crippen LogP contribution is -2.05. The van der Waals surface area contributed by atoms with Crippen LogP contribution in [0.1, 0.15) is 40.4 Å². The van der Waals surface area contributed by atoms with Crippen LogP contribution >= 0.6 is 11.3 Å². The standard InChI is InChI=1S/C14H18N2S/c1-9-4-10(2)6-12(5-9)7-14-16-13(8-17-14)11(3)15/h4-6,8,11H,7,15H2,1-3H3. The highest BCUT2D eigenvalue weighted by Gasteiger charge is 2.06. The molecule has 1 unspecified atom stereocenters. The van der Waals surface area contributed by atoms with Crippen molar-refractivity contribution in [2.75, 3.05) is 0 Å². The maximum absolute atomic E-state index is 5.81. The number of nitrogens with zero attached hydrogens (tertiary/aromatic N) is 1. The summed E-state index contributed by atoms with van der Waals surface area (Å²) in [6.45, 7) is 6.23. The van der Waals surface area contributed by atoms with Gasteiger partial charge in [-0.25, -0.2) is 4.98 Å². The van der Waals surface area contributed by atoms with E-state index >= 15 is 0 Å². The number of thiazole rings is 1. The molecule has 0 spiro atoms. The van der Waals surface area contributed by atoms with Crippen molar-refractivity contribution in [1.29, 1.82) is 0 Å². The van der Waals surface area contributed by atoms with Gasteiger partial charge < -0.3 is 5.73 Å². The predicted octanol–water partition coefficient (Wildman–Crippen LogP) is 3.37. The van der Waals surface area contributed by atoms with Crippen LogP contribution in [0.5, 0.6) is 0 Å². The minimum Gasteiger partial charge on any atom is -0.323 e. The van der Waals surface area contributed by atoms with E-state index in [1.165, 1.54) is 16.7 Å². The molecule has 1 aromatic carbocycles. The third-order valence-corrected chi connectivity index (χ3v) is 3.54. The molecule has 0 fully saturated rings. The number of hydrogen-bond donors (Lipinski definition) is 1. The summed E-state index contributed by atoms with van der Waals surface area (Å²) in [6, 6.07) is 6.66. The Morgan fingerprint density at radius 3 is 2.41 bits per heavy atom. The minimum absolute atomic E-state index is 0.0271. The highest BCUT2D eigenvalue weighted by Crippen LogP contribution is 2.19. The lowest BCUT2D eigenvalue weighted by Gasteiger charge is -2.03. The second-order valence-corrected chi connectivity index (χ2v) is 5.57. The van der Waals surface area contributed by atoms with E-state index < -0.39 is 0 Å². The van der Waals surface area contributed by atoms with Gasteiger partial charge in [0.25, 0.3) is 0 Å². The van der Waals surface area contributed by atoms with Crippen molar-refractivity contribution in [3.63, 3.8) is 0 Å². The highest BCUT2D eigenvalue weighted by atomic mass is 32.1. The third-order valence-electron chi connectivity index (χ3n) is 2.67. The Morgan fingerprint density at radius 1 is 1.24 bits per heavy atom. The van der Waals surface area contributed by atoms with Crippen LogP contribution in [0.2, 0.25) is 0 Å². The number of nitrogens with two attached hydrogens (primary N) is 1. The van der Waals surface area contributed by atoms with Gasteiger partial charge in [0.1, 0.15) is 0 Å². The maximum atomic E-state index is 5.81. The lowest BCUT2D eigenvalue weighted by atomic mass is 10.1. The van der Waals surface area contributed by atoms with E-state index in [0.29, 0.717) is 0 Å². The SMILES string of the molecule is Cc1cc(C)cc(Cc2nc(C(C)N)cs2)c1. The van der Waals surface area contributed by atoms with Crippen LogP contribution in [0.15, 0.2) is 23.6 Å². The molecule has 0 saturated carbocycles. The molecule has 3 heteroatoms. The van der Waals surface area contributed by atoms with Gasteiger partial charge in [-0.15, -0.1) is 11.3 Å². The van der Waals surface area contributed by atoms with Crippen LogP contribution in [-0.4, -0.2) is 4.98 Å². The van der Waals surface area contributed by atoms with Crippen LogP contribution in [0.25, 0.3) is 0 Å². The van der Waals surface area contributed by atoms with Gasteiger partial charge in [-0.2, -0.15) is 0 Å². The first-order valence-electron chi connectivity index (χ1n) is 5.81. The molecule has 2 rings (SSSR count). The summed E-state index contributed by atoms with van der Waals surface area (Å²) in [5.41, 5.74) is 10.8. The van der Waals surface area contributed by atoms with Crippen molar-refractivity contribution in [1.82, 2.24) is 4.98 Å². The van der Waals surface area contributed by atoms with E-state index in [1.807, 2.05) is 6.92 Å². The van der Waals surface area contributed by atoms with Gasteiger partial charge in [0, 0.05) is 17.8 Å². The van der Waals surface area contributed by atoms with E-state index in [1.54, 1.807) is 11.3 Å². The average molecular weight is 246 g/mol. The molecule has 0 aliphatic rings. The zero-order valence-electron chi connectivity index (χ0n) is 10.5. The number of hydrogen-bond acceptors (Lipinski definition) is 3. The smallest absolute Gasteiger partial charge is 0.0972 e. The fourth-order valence-electron chi connectivity index (χ4n) is 1.96. The maximum Gasteiger partial charge on any atom is 0.0972 e. The summed E-state index contributed by atoms with van der Waals surface area (Å²) in [6.07, 6.45) is 0.903. The molecular weight excluding hydrogens is 228 g/mol. The van der Waals surface area contributed by atoms with Crippen molar-refractivity contribution in [2.45, 2.75) is 33.2 Å². The molecule has 0 saturated heterocycles. The van der Waals surface area contributed by atoms with Gasteiger partial charge in [0.05, 0.1) is 10.7 Å². The molecular formula is C14H18N2S. The Bertz CT molecular complexity index is 494. The first-order valence-corrected chi connectivity index (χ1v) is 6.69. The van der Waals surface area contributed by atoms with E-state index in [9.17, 15) is 0 Å². The van der Waals surface area contributed by atoms with E-state index in [2.05, 4.69) is 42.4 Å². The van der Waals surface area contributed by atoms with Gasteiger partial charge >= 0.3 is 0 Å². The molecule has 2 N–H and O–H groups in total. The number of aryl methyl sites for hydroxylation is 2. The van der Waals surface area contributed by atoms with Crippen LogP contribution in [-0.2, 0) is 6.42 Å². The number of aromatic nitrogens is 1. The zero-order chi connectivity index (χ0) is 12.4. The van der Waals surface area contributed by atoms with Crippen molar-refractivity contribution in [3.05, 3.63) is 51.0 Å². The Kier molecular flexibility index (Phi) is 3.60. The summed E-state index contributed by atoms with van der Waals surface area (Å²) in [4.78, 5) is 4.56. The fraction of sp³-hybridized carbons (Fsp3) is 0.357. The molecule has 1 heterocycles. The minimum atomic E-state index is 0.0271. The van der Waals surface area contributed by atoms with Gasteiger partial charge in [-0.05, 0) is 26.3 Å². The molecule has 90 valence electrons. The number of benzene rings is 1. The van der Waals surface area contributed by atoms with Crippen LogP contribution in [0, 0.1) is 13.8 Å². The second-order valence-electron chi connectivity index (χ2n) is 4.63. The number of rotatable bonds is 3. The van der Waals surface area contributed by atoms with Crippen LogP contribution < -0.4 is 5.73 Å². The Balaban J connectivity index is 2.19. The van der Waals surface area contributed by atoms with Crippen molar-refractivity contribution >= 4 is 11.3 Å². The fourth-order valence-corrected chi connectivity index (χ4v) is 2.89. The molecule has 0 radical (unpaired) electrons. The van der Waals surface area contributed by atoms with Crippen LogP contribution in [0.4, 0.5) is 0 Å². The molecule has 0 amide bonds. The highest BCUT2D eigenvalue weighted by molar-refractivity contribution is 7.09.